The summed E-state index contributed by atoms with van der Waals surface area (Å²) in [5.41, 5.74) is 0.411. The van der Waals surface area contributed by atoms with Crippen molar-refractivity contribution in [1.29, 1.82) is 0 Å². The highest BCUT2D eigenvalue weighted by Crippen LogP contribution is 2.17. The largest absolute Gasteiger partial charge is 0.396 e. The van der Waals surface area contributed by atoms with Crippen LogP contribution in [0.1, 0.15) is 41.0 Å². The van der Waals surface area contributed by atoms with E-state index in [-0.39, 0.29) is 12.0 Å². The smallest absolute Gasteiger partial charge is 0.0494 e. The summed E-state index contributed by atoms with van der Waals surface area (Å²) in [5, 5.41) is 12.4. The SMILES string of the molecule is CC(C)(C)CCNCC(C)(C)CO. The Morgan fingerprint density at radius 1 is 1.08 bits per heavy atom. The minimum absolute atomic E-state index is 0.0118. The fourth-order valence-corrected chi connectivity index (χ4v) is 0.946. The van der Waals surface area contributed by atoms with Crippen LogP contribution in [-0.4, -0.2) is 24.8 Å². The fourth-order valence-electron chi connectivity index (χ4n) is 0.946. The molecule has 0 aliphatic heterocycles. The number of aliphatic hydroxyl groups excluding tert-OH is 1. The average Bonchev–Trinajstić information content (AvgIpc) is 1.97. The van der Waals surface area contributed by atoms with Crippen LogP contribution in [0.3, 0.4) is 0 Å². The van der Waals surface area contributed by atoms with E-state index in [1.54, 1.807) is 0 Å². The molecule has 0 aliphatic carbocycles. The van der Waals surface area contributed by atoms with Crippen LogP contribution in [0.5, 0.6) is 0 Å². The van der Waals surface area contributed by atoms with E-state index in [0.717, 1.165) is 13.1 Å². The van der Waals surface area contributed by atoms with Crippen LogP contribution in [-0.2, 0) is 0 Å². The van der Waals surface area contributed by atoms with E-state index in [2.05, 4.69) is 39.9 Å². The Bertz CT molecular complexity index is 136. The normalized spacial score (nSPS) is 13.4. The first-order valence-corrected chi connectivity index (χ1v) is 5.08. The molecule has 0 aromatic rings. The molecule has 2 N–H and O–H groups in total. The molecule has 0 heterocycles. The number of aliphatic hydroxyl groups is 1. The van der Waals surface area contributed by atoms with Gasteiger partial charge in [0.2, 0.25) is 0 Å². The first-order chi connectivity index (χ1) is 5.77. The standard InChI is InChI=1S/C11H25NO/c1-10(2,3)6-7-12-8-11(4,5)9-13/h12-13H,6-9H2,1-5H3. The van der Waals surface area contributed by atoms with Gasteiger partial charge in [0.25, 0.3) is 0 Å². The molecule has 0 fully saturated rings. The van der Waals surface area contributed by atoms with Gasteiger partial charge in [-0.1, -0.05) is 34.6 Å². The quantitative estimate of drug-likeness (QED) is 0.645. The molecule has 0 bridgehead atoms. The molecule has 0 aromatic carbocycles. The molecule has 0 radical (unpaired) electrons. The van der Waals surface area contributed by atoms with Gasteiger partial charge in [-0.25, -0.2) is 0 Å². The Morgan fingerprint density at radius 2 is 1.62 bits per heavy atom. The summed E-state index contributed by atoms with van der Waals surface area (Å²) in [6.07, 6.45) is 1.18. The summed E-state index contributed by atoms with van der Waals surface area (Å²) >= 11 is 0. The maximum Gasteiger partial charge on any atom is 0.0494 e. The second kappa shape index (κ2) is 4.97. The fraction of sp³-hybridized carbons (Fsp3) is 1.00. The minimum Gasteiger partial charge on any atom is -0.396 e. The summed E-state index contributed by atoms with van der Waals surface area (Å²) in [7, 11) is 0. The van der Waals surface area contributed by atoms with Crippen molar-refractivity contribution in [1.82, 2.24) is 5.32 Å². The van der Waals surface area contributed by atoms with Crippen LogP contribution in [0, 0.1) is 10.8 Å². The number of hydrogen-bond donors (Lipinski definition) is 2. The zero-order valence-electron chi connectivity index (χ0n) is 9.78. The molecule has 0 unspecified atom stereocenters. The van der Waals surface area contributed by atoms with Gasteiger partial charge in [-0.05, 0) is 18.4 Å². The van der Waals surface area contributed by atoms with E-state index in [1.165, 1.54) is 6.42 Å². The van der Waals surface area contributed by atoms with Crippen molar-refractivity contribution >= 4 is 0 Å². The van der Waals surface area contributed by atoms with Crippen molar-refractivity contribution in [3.63, 3.8) is 0 Å². The van der Waals surface area contributed by atoms with Crippen LogP contribution in [0.2, 0.25) is 0 Å². The Hall–Kier alpha value is -0.0800. The highest BCUT2D eigenvalue weighted by molar-refractivity contribution is 4.71. The van der Waals surface area contributed by atoms with Gasteiger partial charge >= 0.3 is 0 Å². The molecule has 0 aliphatic rings. The Morgan fingerprint density at radius 3 is 2.00 bits per heavy atom. The van der Waals surface area contributed by atoms with Crippen LogP contribution in [0.25, 0.3) is 0 Å². The third-order valence-electron chi connectivity index (χ3n) is 2.08. The van der Waals surface area contributed by atoms with Gasteiger partial charge < -0.3 is 10.4 Å². The van der Waals surface area contributed by atoms with Crippen molar-refractivity contribution in [3.05, 3.63) is 0 Å². The lowest BCUT2D eigenvalue weighted by molar-refractivity contribution is 0.156. The van der Waals surface area contributed by atoms with E-state index in [0.29, 0.717) is 5.41 Å². The van der Waals surface area contributed by atoms with Gasteiger partial charge in [0.1, 0.15) is 0 Å². The summed E-state index contributed by atoms with van der Waals surface area (Å²) < 4.78 is 0. The predicted molar refractivity (Wildman–Crippen MR) is 57.8 cm³/mol. The van der Waals surface area contributed by atoms with E-state index in [9.17, 15) is 0 Å². The molecule has 0 rings (SSSR count). The number of nitrogens with one attached hydrogen (secondary N) is 1. The molecule has 0 amide bonds. The molecule has 0 spiro atoms. The molecule has 2 heteroatoms. The molecule has 2 nitrogen and oxygen atoms in total. The monoisotopic (exact) mass is 187 g/mol. The number of rotatable bonds is 5. The lowest BCUT2D eigenvalue weighted by Gasteiger charge is -2.24. The minimum atomic E-state index is 0.0118. The van der Waals surface area contributed by atoms with Crippen molar-refractivity contribution < 1.29 is 5.11 Å². The van der Waals surface area contributed by atoms with Crippen LogP contribution < -0.4 is 5.32 Å². The zero-order valence-corrected chi connectivity index (χ0v) is 9.78. The highest BCUT2D eigenvalue weighted by atomic mass is 16.3. The Kier molecular flexibility index (Phi) is 4.93. The summed E-state index contributed by atoms with van der Waals surface area (Å²) in [6, 6.07) is 0. The number of hydrogen-bond acceptors (Lipinski definition) is 2. The average molecular weight is 187 g/mol. The van der Waals surface area contributed by atoms with Crippen molar-refractivity contribution in [2.24, 2.45) is 10.8 Å². The summed E-state index contributed by atoms with van der Waals surface area (Å²) in [5.74, 6) is 0. The van der Waals surface area contributed by atoms with Crippen LogP contribution >= 0.6 is 0 Å². The van der Waals surface area contributed by atoms with Crippen molar-refractivity contribution in [3.8, 4) is 0 Å². The maximum atomic E-state index is 9.01. The Balaban J connectivity index is 3.47. The van der Waals surface area contributed by atoms with E-state index < -0.39 is 0 Å². The Labute approximate surface area is 82.7 Å². The zero-order chi connectivity index (χ0) is 10.5. The van der Waals surface area contributed by atoms with Gasteiger partial charge in [-0.2, -0.15) is 0 Å². The van der Waals surface area contributed by atoms with Gasteiger partial charge in [-0.3, -0.25) is 0 Å². The first kappa shape index (κ1) is 12.9. The van der Waals surface area contributed by atoms with E-state index in [4.69, 9.17) is 5.11 Å². The lowest BCUT2D eigenvalue weighted by Crippen LogP contribution is -2.33. The van der Waals surface area contributed by atoms with E-state index >= 15 is 0 Å². The molecular formula is C11H25NO. The lowest BCUT2D eigenvalue weighted by atomic mass is 9.91. The molecule has 13 heavy (non-hydrogen) atoms. The molecule has 0 aromatic heterocycles. The summed E-state index contributed by atoms with van der Waals surface area (Å²) in [6.45, 7) is 13.0. The summed E-state index contributed by atoms with van der Waals surface area (Å²) in [4.78, 5) is 0. The van der Waals surface area contributed by atoms with E-state index in [1.807, 2.05) is 0 Å². The molecule has 0 saturated heterocycles. The first-order valence-electron chi connectivity index (χ1n) is 5.08. The molecule has 0 atom stereocenters. The maximum absolute atomic E-state index is 9.01. The van der Waals surface area contributed by atoms with Crippen LogP contribution in [0.15, 0.2) is 0 Å². The topological polar surface area (TPSA) is 32.3 Å². The van der Waals surface area contributed by atoms with Crippen molar-refractivity contribution in [2.45, 2.75) is 41.0 Å². The molecular weight excluding hydrogens is 162 g/mol. The molecule has 0 saturated carbocycles. The third kappa shape index (κ3) is 8.26. The van der Waals surface area contributed by atoms with Gasteiger partial charge in [0.05, 0.1) is 0 Å². The van der Waals surface area contributed by atoms with Crippen LogP contribution in [0.4, 0.5) is 0 Å². The second-order valence-electron chi connectivity index (χ2n) is 5.81. The highest BCUT2D eigenvalue weighted by Gasteiger charge is 2.16. The van der Waals surface area contributed by atoms with Gasteiger partial charge in [0, 0.05) is 18.6 Å². The molecule has 80 valence electrons. The van der Waals surface area contributed by atoms with Crippen molar-refractivity contribution in [2.75, 3.05) is 19.7 Å². The third-order valence-corrected chi connectivity index (χ3v) is 2.08. The predicted octanol–water partition coefficient (Wildman–Crippen LogP) is 2.03. The second-order valence-corrected chi connectivity index (χ2v) is 5.81. The van der Waals surface area contributed by atoms with Gasteiger partial charge in [-0.15, -0.1) is 0 Å². The van der Waals surface area contributed by atoms with Gasteiger partial charge in [0.15, 0.2) is 0 Å².